The summed E-state index contributed by atoms with van der Waals surface area (Å²) < 4.78 is 23.5. The smallest absolute Gasteiger partial charge is 0.311 e. The molecular formula is C15H16N2O4S. The van der Waals surface area contributed by atoms with Crippen molar-refractivity contribution in [1.29, 1.82) is 0 Å². The second-order valence-corrected chi connectivity index (χ2v) is 6.98. The zero-order valence-corrected chi connectivity index (χ0v) is 13.1. The minimum atomic E-state index is -3.68. The number of nitro groups is 1. The molecule has 22 heavy (non-hydrogen) atoms. The zero-order chi connectivity index (χ0) is 16.3. The summed E-state index contributed by atoms with van der Waals surface area (Å²) in [5.74, 6) is 0. The molecule has 0 saturated carbocycles. The lowest BCUT2D eigenvalue weighted by molar-refractivity contribution is -0.387. The molecule has 0 amide bonds. The van der Waals surface area contributed by atoms with E-state index in [0.29, 0.717) is 6.54 Å². The van der Waals surface area contributed by atoms with Crippen LogP contribution in [0.4, 0.5) is 11.4 Å². The highest BCUT2D eigenvalue weighted by molar-refractivity contribution is 7.90. The summed E-state index contributed by atoms with van der Waals surface area (Å²) in [5, 5.41) is 11.4. The first-order chi connectivity index (χ1) is 10.3. The molecule has 116 valence electrons. The molecule has 0 atom stereocenters. The minimum Gasteiger partial charge on any atom is -0.365 e. The highest BCUT2D eigenvalue weighted by Crippen LogP contribution is 2.34. The predicted octanol–water partition coefficient (Wildman–Crippen LogP) is 2.63. The number of nitro benzene ring substituents is 1. The Morgan fingerprint density at radius 3 is 2.27 bits per heavy atom. The van der Waals surface area contributed by atoms with Gasteiger partial charge in [0.05, 0.1) is 4.92 Å². The van der Waals surface area contributed by atoms with Crippen LogP contribution in [0.15, 0.2) is 53.4 Å². The average Bonchev–Trinajstić information content (AvgIpc) is 2.46. The zero-order valence-electron chi connectivity index (χ0n) is 12.3. The molecule has 2 aromatic carbocycles. The van der Waals surface area contributed by atoms with E-state index in [4.69, 9.17) is 0 Å². The minimum absolute atomic E-state index is 0.269. The number of para-hydroxylation sites is 1. The molecule has 0 aliphatic rings. The maximum Gasteiger partial charge on any atom is 0.311 e. The van der Waals surface area contributed by atoms with E-state index in [1.54, 1.807) is 18.0 Å². The molecular weight excluding hydrogens is 304 g/mol. The Hall–Kier alpha value is -2.41. The van der Waals surface area contributed by atoms with Gasteiger partial charge >= 0.3 is 5.69 Å². The van der Waals surface area contributed by atoms with E-state index in [0.717, 1.165) is 11.8 Å². The molecule has 2 rings (SSSR count). The molecule has 0 aliphatic carbocycles. The van der Waals surface area contributed by atoms with E-state index in [9.17, 15) is 18.5 Å². The van der Waals surface area contributed by atoms with Crippen LogP contribution in [0, 0.1) is 10.1 Å². The van der Waals surface area contributed by atoms with Gasteiger partial charge in [-0.3, -0.25) is 10.1 Å². The summed E-state index contributed by atoms with van der Waals surface area (Å²) in [6.07, 6.45) is 0.969. The van der Waals surface area contributed by atoms with E-state index >= 15 is 0 Å². The van der Waals surface area contributed by atoms with Crippen molar-refractivity contribution >= 4 is 21.2 Å². The molecule has 0 aliphatic heterocycles. The Bertz CT molecular complexity index is 788. The summed E-state index contributed by atoms with van der Waals surface area (Å²) in [6.45, 7) is 0.439. The highest BCUT2D eigenvalue weighted by Gasteiger charge is 2.27. The molecule has 7 heteroatoms. The van der Waals surface area contributed by atoms with Gasteiger partial charge in [0.25, 0.3) is 0 Å². The van der Waals surface area contributed by atoms with Crippen molar-refractivity contribution in [1.82, 2.24) is 0 Å². The number of benzene rings is 2. The van der Waals surface area contributed by atoms with Crippen LogP contribution >= 0.6 is 0 Å². The first-order valence-electron chi connectivity index (χ1n) is 6.53. The van der Waals surface area contributed by atoms with Gasteiger partial charge in [0.15, 0.2) is 9.84 Å². The van der Waals surface area contributed by atoms with E-state index < -0.39 is 14.8 Å². The molecule has 0 radical (unpaired) electrons. The quantitative estimate of drug-likeness (QED) is 0.625. The van der Waals surface area contributed by atoms with Gasteiger partial charge in [-0.1, -0.05) is 36.4 Å². The monoisotopic (exact) mass is 320 g/mol. The summed E-state index contributed by atoms with van der Waals surface area (Å²) in [6, 6.07) is 13.8. The fourth-order valence-corrected chi connectivity index (χ4v) is 3.10. The average molecular weight is 320 g/mol. The molecule has 0 unspecified atom stereocenters. The van der Waals surface area contributed by atoms with Crippen molar-refractivity contribution in [2.24, 2.45) is 0 Å². The Morgan fingerprint density at radius 2 is 1.73 bits per heavy atom. The van der Waals surface area contributed by atoms with E-state index in [1.165, 1.54) is 12.1 Å². The van der Waals surface area contributed by atoms with Gasteiger partial charge in [0.1, 0.15) is 10.6 Å². The van der Waals surface area contributed by atoms with Crippen LogP contribution in [0.1, 0.15) is 5.56 Å². The largest absolute Gasteiger partial charge is 0.365 e. The summed E-state index contributed by atoms with van der Waals surface area (Å²) in [4.78, 5) is 12.1. The fourth-order valence-electron chi connectivity index (χ4n) is 2.24. The summed E-state index contributed by atoms with van der Waals surface area (Å²) >= 11 is 0. The van der Waals surface area contributed by atoms with Crippen LogP contribution in [-0.2, 0) is 16.4 Å². The molecule has 0 N–H and O–H groups in total. The van der Waals surface area contributed by atoms with Crippen molar-refractivity contribution in [3.8, 4) is 0 Å². The third-order valence-corrected chi connectivity index (χ3v) is 4.36. The Morgan fingerprint density at radius 1 is 1.09 bits per heavy atom. The maximum atomic E-state index is 11.8. The van der Waals surface area contributed by atoms with Gasteiger partial charge in [0, 0.05) is 19.8 Å². The summed E-state index contributed by atoms with van der Waals surface area (Å²) in [5.41, 5.74) is 0.865. The Balaban J connectivity index is 2.49. The first kappa shape index (κ1) is 16.0. The van der Waals surface area contributed by atoms with Crippen LogP contribution in [0.2, 0.25) is 0 Å². The van der Waals surface area contributed by atoms with Gasteiger partial charge in [-0.15, -0.1) is 0 Å². The number of rotatable bonds is 5. The Kier molecular flexibility index (Phi) is 4.46. The molecule has 0 saturated heterocycles. The molecule has 0 bridgehead atoms. The number of hydrogen-bond acceptors (Lipinski definition) is 5. The van der Waals surface area contributed by atoms with Crippen molar-refractivity contribution in [2.75, 3.05) is 18.2 Å². The molecule has 6 nitrogen and oxygen atoms in total. The molecule has 0 aromatic heterocycles. The normalized spacial score (nSPS) is 11.2. The van der Waals surface area contributed by atoms with E-state index in [-0.39, 0.29) is 16.3 Å². The van der Waals surface area contributed by atoms with Crippen molar-refractivity contribution < 1.29 is 13.3 Å². The topological polar surface area (TPSA) is 80.5 Å². The van der Waals surface area contributed by atoms with E-state index in [2.05, 4.69) is 0 Å². The van der Waals surface area contributed by atoms with Gasteiger partial charge in [-0.2, -0.15) is 0 Å². The van der Waals surface area contributed by atoms with Crippen molar-refractivity contribution in [3.63, 3.8) is 0 Å². The van der Waals surface area contributed by atoms with Crippen LogP contribution < -0.4 is 4.90 Å². The van der Waals surface area contributed by atoms with Crippen LogP contribution in [0.3, 0.4) is 0 Å². The SMILES string of the molecule is CN(Cc1ccccc1)c1cccc(S(C)(=O)=O)c1[N+](=O)[O-]. The predicted molar refractivity (Wildman–Crippen MR) is 84.8 cm³/mol. The van der Waals surface area contributed by atoms with Gasteiger partial charge in [0.2, 0.25) is 0 Å². The second-order valence-electron chi connectivity index (χ2n) is 4.99. The van der Waals surface area contributed by atoms with Gasteiger partial charge in [-0.25, -0.2) is 8.42 Å². The Labute approximate surface area is 129 Å². The summed E-state index contributed by atoms with van der Waals surface area (Å²) in [7, 11) is -1.98. The van der Waals surface area contributed by atoms with E-state index in [1.807, 2.05) is 30.3 Å². The lowest BCUT2D eigenvalue weighted by Crippen LogP contribution is -2.18. The molecule has 0 fully saturated rings. The standard InChI is InChI=1S/C15H16N2O4S/c1-16(11-12-7-4-3-5-8-12)13-9-6-10-14(22(2,20)21)15(13)17(18)19/h3-10H,11H2,1-2H3. The lowest BCUT2D eigenvalue weighted by atomic mass is 10.2. The second kappa shape index (κ2) is 6.15. The molecule has 0 spiro atoms. The van der Waals surface area contributed by atoms with Crippen LogP contribution in [0.25, 0.3) is 0 Å². The van der Waals surface area contributed by atoms with Gasteiger partial charge in [-0.05, 0) is 17.7 Å². The molecule has 2 aromatic rings. The lowest BCUT2D eigenvalue weighted by Gasteiger charge is -2.20. The third-order valence-electron chi connectivity index (χ3n) is 3.23. The highest BCUT2D eigenvalue weighted by atomic mass is 32.2. The van der Waals surface area contributed by atoms with Crippen molar-refractivity contribution in [3.05, 3.63) is 64.2 Å². The molecule has 0 heterocycles. The maximum absolute atomic E-state index is 11.8. The third kappa shape index (κ3) is 3.43. The van der Waals surface area contributed by atoms with Gasteiger partial charge < -0.3 is 4.90 Å². The van der Waals surface area contributed by atoms with Crippen molar-refractivity contribution in [2.45, 2.75) is 11.4 Å². The fraction of sp³-hybridized carbons (Fsp3) is 0.200. The number of anilines is 1. The number of hydrogen-bond donors (Lipinski definition) is 0. The first-order valence-corrected chi connectivity index (χ1v) is 8.42. The van der Waals surface area contributed by atoms with Crippen LogP contribution in [0.5, 0.6) is 0 Å². The number of nitrogens with zero attached hydrogens (tertiary/aromatic N) is 2. The number of sulfone groups is 1. The van der Waals surface area contributed by atoms with Crippen LogP contribution in [-0.4, -0.2) is 26.6 Å².